The molecule has 0 fully saturated rings. The first-order valence-electron chi connectivity index (χ1n) is 8.01. The predicted molar refractivity (Wildman–Crippen MR) is 94.8 cm³/mol. The van der Waals surface area contributed by atoms with Gasteiger partial charge in [-0.25, -0.2) is 4.39 Å². The van der Waals surface area contributed by atoms with Gasteiger partial charge in [0.1, 0.15) is 17.3 Å². The Bertz CT molecular complexity index is 1000. The molecule has 1 aromatic heterocycles. The second-order valence-corrected chi connectivity index (χ2v) is 5.94. The van der Waals surface area contributed by atoms with Crippen molar-refractivity contribution in [2.75, 3.05) is 12.0 Å². The highest BCUT2D eigenvalue weighted by atomic mass is 19.1. The number of ether oxygens (including phenoxy) is 1. The van der Waals surface area contributed by atoms with Crippen molar-refractivity contribution in [1.82, 2.24) is 4.98 Å². The van der Waals surface area contributed by atoms with Crippen molar-refractivity contribution < 1.29 is 19.0 Å². The Morgan fingerprint density at radius 1 is 1.12 bits per heavy atom. The Morgan fingerprint density at radius 2 is 1.88 bits per heavy atom. The van der Waals surface area contributed by atoms with Gasteiger partial charge in [-0.1, -0.05) is 0 Å². The maximum Gasteiger partial charge on any atom is 0.259 e. The van der Waals surface area contributed by atoms with Crippen molar-refractivity contribution >= 4 is 11.6 Å². The minimum atomic E-state index is -0.358. The van der Waals surface area contributed by atoms with Gasteiger partial charge >= 0.3 is 0 Å². The molecular weight excluding hydrogens is 335 g/mol. The lowest BCUT2D eigenvalue weighted by Crippen LogP contribution is -2.22. The number of hydrogen-bond acceptors (Lipinski definition) is 4. The lowest BCUT2D eigenvalue weighted by Gasteiger charge is -2.15. The SMILES string of the molecule is COc1ccc(-c2nccc3c2CN(c2ccc(F)cc2)C3=O)c(O)c1. The minimum absolute atomic E-state index is 0.0259. The van der Waals surface area contributed by atoms with Crippen LogP contribution in [0.2, 0.25) is 0 Å². The van der Waals surface area contributed by atoms with Gasteiger partial charge in [0.15, 0.2) is 0 Å². The third-order valence-electron chi connectivity index (χ3n) is 4.45. The number of anilines is 1. The van der Waals surface area contributed by atoms with E-state index in [0.717, 1.165) is 5.56 Å². The molecule has 6 heteroatoms. The maximum absolute atomic E-state index is 13.2. The molecule has 0 saturated carbocycles. The molecule has 4 rings (SSSR count). The smallest absolute Gasteiger partial charge is 0.259 e. The molecule has 26 heavy (non-hydrogen) atoms. The van der Waals surface area contributed by atoms with E-state index in [2.05, 4.69) is 4.98 Å². The summed E-state index contributed by atoms with van der Waals surface area (Å²) >= 11 is 0. The van der Waals surface area contributed by atoms with Crippen LogP contribution in [0.4, 0.5) is 10.1 Å². The van der Waals surface area contributed by atoms with Crippen molar-refractivity contribution in [1.29, 1.82) is 0 Å². The van der Waals surface area contributed by atoms with Crippen LogP contribution in [0.1, 0.15) is 15.9 Å². The Morgan fingerprint density at radius 3 is 2.58 bits per heavy atom. The zero-order valence-electron chi connectivity index (χ0n) is 13.9. The highest BCUT2D eigenvalue weighted by Gasteiger charge is 2.31. The van der Waals surface area contributed by atoms with E-state index in [0.29, 0.717) is 34.8 Å². The molecule has 0 atom stereocenters. The molecule has 0 aliphatic carbocycles. The molecule has 5 nitrogen and oxygen atoms in total. The number of aromatic hydroxyl groups is 1. The summed E-state index contributed by atoms with van der Waals surface area (Å²) in [6, 6.07) is 12.4. The summed E-state index contributed by atoms with van der Waals surface area (Å²) in [5.74, 6) is 0.0208. The molecule has 0 spiro atoms. The molecule has 0 radical (unpaired) electrons. The third kappa shape index (κ3) is 2.56. The van der Waals surface area contributed by atoms with E-state index in [-0.39, 0.29) is 17.5 Å². The number of hydrogen-bond donors (Lipinski definition) is 1. The number of halogens is 1. The predicted octanol–water partition coefficient (Wildman–Crippen LogP) is 3.76. The number of methoxy groups -OCH3 is 1. The van der Waals surface area contributed by atoms with Crippen LogP contribution in [0.3, 0.4) is 0 Å². The molecular formula is C20H15FN2O3. The number of phenols is 1. The van der Waals surface area contributed by atoms with Crippen LogP contribution in [-0.4, -0.2) is 23.1 Å². The summed E-state index contributed by atoms with van der Waals surface area (Å²) in [5, 5.41) is 10.3. The van der Waals surface area contributed by atoms with Gasteiger partial charge in [0.05, 0.1) is 19.3 Å². The van der Waals surface area contributed by atoms with Crippen LogP contribution < -0.4 is 9.64 Å². The number of nitrogens with zero attached hydrogens (tertiary/aromatic N) is 2. The molecule has 1 amide bonds. The zero-order valence-corrected chi connectivity index (χ0v) is 13.9. The topological polar surface area (TPSA) is 62.7 Å². The van der Waals surface area contributed by atoms with Gasteiger partial charge in [0.25, 0.3) is 5.91 Å². The van der Waals surface area contributed by atoms with Gasteiger partial charge < -0.3 is 14.7 Å². The number of fused-ring (bicyclic) bond motifs is 1. The normalized spacial score (nSPS) is 13.0. The van der Waals surface area contributed by atoms with Crippen LogP contribution >= 0.6 is 0 Å². The molecule has 0 saturated heterocycles. The van der Waals surface area contributed by atoms with Crippen molar-refractivity contribution in [2.45, 2.75) is 6.54 Å². The monoisotopic (exact) mass is 350 g/mol. The number of pyridine rings is 1. The van der Waals surface area contributed by atoms with Crippen LogP contribution in [0.25, 0.3) is 11.3 Å². The number of rotatable bonds is 3. The Hall–Kier alpha value is -3.41. The molecule has 1 N–H and O–H groups in total. The van der Waals surface area contributed by atoms with Gasteiger partial charge in [0.2, 0.25) is 0 Å². The highest BCUT2D eigenvalue weighted by molar-refractivity contribution is 6.11. The molecule has 130 valence electrons. The van der Waals surface area contributed by atoms with Gasteiger partial charge in [-0.15, -0.1) is 0 Å². The first-order chi connectivity index (χ1) is 12.6. The van der Waals surface area contributed by atoms with E-state index in [1.54, 1.807) is 41.4 Å². The largest absolute Gasteiger partial charge is 0.507 e. The first kappa shape index (κ1) is 16.1. The number of carbonyl (C=O) groups is 1. The van der Waals surface area contributed by atoms with E-state index in [4.69, 9.17) is 4.74 Å². The average Bonchev–Trinajstić information content (AvgIpc) is 2.99. The van der Waals surface area contributed by atoms with E-state index >= 15 is 0 Å². The second kappa shape index (κ2) is 6.15. The summed E-state index contributed by atoms with van der Waals surface area (Å²) < 4.78 is 18.3. The van der Waals surface area contributed by atoms with Crippen molar-refractivity contribution in [3.63, 3.8) is 0 Å². The van der Waals surface area contributed by atoms with Gasteiger partial charge in [-0.2, -0.15) is 0 Å². The van der Waals surface area contributed by atoms with Gasteiger partial charge in [-0.3, -0.25) is 9.78 Å². The second-order valence-electron chi connectivity index (χ2n) is 5.94. The average molecular weight is 350 g/mol. The fraction of sp³-hybridized carbons (Fsp3) is 0.100. The van der Waals surface area contributed by atoms with Crippen molar-refractivity contribution in [3.8, 4) is 22.8 Å². The van der Waals surface area contributed by atoms with E-state index in [9.17, 15) is 14.3 Å². The van der Waals surface area contributed by atoms with Gasteiger partial charge in [0, 0.05) is 34.6 Å². The van der Waals surface area contributed by atoms with Crippen LogP contribution in [0.5, 0.6) is 11.5 Å². The van der Waals surface area contributed by atoms with E-state index in [1.165, 1.54) is 25.3 Å². The molecule has 2 aromatic carbocycles. The summed E-state index contributed by atoms with van der Waals surface area (Å²) in [4.78, 5) is 18.7. The summed E-state index contributed by atoms with van der Waals surface area (Å²) in [6.45, 7) is 0.300. The minimum Gasteiger partial charge on any atom is -0.507 e. The number of aromatic nitrogens is 1. The Kier molecular flexibility index (Phi) is 3.80. The molecule has 0 unspecified atom stereocenters. The lowest BCUT2D eigenvalue weighted by molar-refractivity contribution is 0.0996. The number of phenolic OH excluding ortho intramolecular Hbond substituents is 1. The molecule has 2 heterocycles. The number of carbonyl (C=O) groups excluding carboxylic acids is 1. The van der Waals surface area contributed by atoms with Crippen molar-refractivity contribution in [2.24, 2.45) is 0 Å². The molecule has 1 aliphatic heterocycles. The summed E-state index contributed by atoms with van der Waals surface area (Å²) in [5.41, 5.74) is 2.92. The maximum atomic E-state index is 13.2. The number of amides is 1. The fourth-order valence-electron chi connectivity index (χ4n) is 3.13. The highest BCUT2D eigenvalue weighted by Crippen LogP contribution is 2.38. The summed E-state index contributed by atoms with van der Waals surface area (Å²) in [7, 11) is 1.52. The summed E-state index contributed by atoms with van der Waals surface area (Å²) in [6.07, 6.45) is 1.55. The third-order valence-corrected chi connectivity index (χ3v) is 4.45. The Balaban J connectivity index is 1.78. The van der Waals surface area contributed by atoms with Gasteiger partial charge in [-0.05, 0) is 42.5 Å². The van der Waals surface area contributed by atoms with E-state index < -0.39 is 0 Å². The van der Waals surface area contributed by atoms with E-state index in [1.807, 2.05) is 0 Å². The molecule has 1 aliphatic rings. The molecule has 0 bridgehead atoms. The van der Waals surface area contributed by atoms with Crippen LogP contribution in [-0.2, 0) is 6.54 Å². The standard InChI is InChI=1S/C20H15FN2O3/c1-26-14-6-7-16(18(24)10-14)19-17-11-23(13-4-2-12(21)3-5-13)20(25)15(17)8-9-22-19/h2-10,24H,11H2,1H3. The Labute approximate surface area is 149 Å². The number of benzene rings is 2. The first-order valence-corrected chi connectivity index (χ1v) is 8.01. The quantitative estimate of drug-likeness (QED) is 0.781. The van der Waals surface area contributed by atoms with Crippen LogP contribution in [0, 0.1) is 5.82 Å². The zero-order chi connectivity index (χ0) is 18.3. The lowest BCUT2D eigenvalue weighted by atomic mass is 10.0. The van der Waals surface area contributed by atoms with Crippen molar-refractivity contribution in [3.05, 3.63) is 71.7 Å². The fourth-order valence-corrected chi connectivity index (χ4v) is 3.13. The molecule has 3 aromatic rings. The van der Waals surface area contributed by atoms with Crippen LogP contribution in [0.15, 0.2) is 54.7 Å².